The van der Waals surface area contributed by atoms with Crippen LogP contribution in [0.4, 0.5) is 4.79 Å². The lowest BCUT2D eigenvalue weighted by Gasteiger charge is -2.25. The fraction of sp³-hybridized carbons (Fsp3) is 0.579. The van der Waals surface area contributed by atoms with Gasteiger partial charge in [0.05, 0.1) is 6.61 Å². The summed E-state index contributed by atoms with van der Waals surface area (Å²) in [4.78, 5) is 40.2. The molecule has 1 amide bonds. The molecule has 1 rings (SSSR count). The van der Waals surface area contributed by atoms with Crippen LogP contribution in [0.15, 0.2) is 30.3 Å². The highest BCUT2D eigenvalue weighted by Crippen LogP contribution is 2.23. The van der Waals surface area contributed by atoms with Crippen molar-refractivity contribution in [2.45, 2.75) is 64.7 Å². The molecule has 1 N–H and O–H groups in total. The topological polar surface area (TPSA) is 117 Å². The van der Waals surface area contributed by atoms with E-state index in [-0.39, 0.29) is 13.0 Å². The Bertz CT molecular complexity index is 643. The Kier molecular flexibility index (Phi) is 9.20. The van der Waals surface area contributed by atoms with Crippen LogP contribution in [0.3, 0.4) is 0 Å². The Hall–Kier alpha value is -2.84. The zero-order valence-electron chi connectivity index (χ0n) is 16.7. The summed E-state index contributed by atoms with van der Waals surface area (Å²) in [5.41, 5.74) is -0.270. The fourth-order valence-electron chi connectivity index (χ4n) is 2.31. The molecule has 2 unspecified atom stereocenters. The molecule has 0 aliphatic heterocycles. The smallest absolute Gasteiger partial charge is 0.408 e. The predicted molar refractivity (Wildman–Crippen MR) is 101 cm³/mol. The van der Waals surface area contributed by atoms with Crippen LogP contribution in [0.1, 0.15) is 58.6 Å². The Balaban J connectivity index is 2.97. The van der Waals surface area contributed by atoms with Gasteiger partial charge >= 0.3 is 12.1 Å². The first-order valence-corrected chi connectivity index (χ1v) is 9.14. The summed E-state index contributed by atoms with van der Waals surface area (Å²) in [6.45, 7) is 7.19. The van der Waals surface area contributed by atoms with Crippen LogP contribution in [-0.4, -0.2) is 35.4 Å². The van der Waals surface area contributed by atoms with Gasteiger partial charge in [0.2, 0.25) is 0 Å². The average molecular weight is 396 g/mol. The van der Waals surface area contributed by atoms with Crippen molar-refractivity contribution >= 4 is 12.1 Å². The van der Waals surface area contributed by atoms with Crippen molar-refractivity contribution in [3.8, 4) is 0 Å². The van der Waals surface area contributed by atoms with Gasteiger partial charge in [0.1, 0.15) is 17.7 Å². The number of nitrogens with one attached hydrogen (secondary N) is 1. The molecule has 1 aromatic carbocycles. The molecule has 0 spiro atoms. The van der Waals surface area contributed by atoms with Crippen molar-refractivity contribution in [2.24, 2.45) is 0 Å². The summed E-state index contributed by atoms with van der Waals surface area (Å²) < 4.78 is 10.4. The predicted octanol–water partition coefficient (Wildman–Crippen LogP) is 3.56. The molecule has 0 saturated heterocycles. The van der Waals surface area contributed by atoms with Crippen LogP contribution < -0.4 is 5.32 Å². The second-order valence-electron chi connectivity index (χ2n) is 7.18. The summed E-state index contributed by atoms with van der Waals surface area (Å²) in [7, 11) is 0. The molecule has 0 bridgehead atoms. The average Bonchev–Trinajstić information content (AvgIpc) is 2.59. The van der Waals surface area contributed by atoms with Gasteiger partial charge in [0.25, 0.3) is 5.09 Å². The molecule has 0 aromatic heterocycles. The molecule has 0 radical (unpaired) electrons. The van der Waals surface area contributed by atoms with Crippen molar-refractivity contribution in [3.63, 3.8) is 0 Å². The van der Waals surface area contributed by atoms with E-state index in [0.717, 1.165) is 6.42 Å². The first kappa shape index (κ1) is 23.2. The van der Waals surface area contributed by atoms with Crippen LogP contribution >= 0.6 is 0 Å². The maximum Gasteiger partial charge on any atom is 0.408 e. The maximum absolute atomic E-state index is 12.5. The lowest BCUT2D eigenvalue weighted by atomic mass is 10.0. The number of amides is 1. The molecule has 0 aliphatic carbocycles. The van der Waals surface area contributed by atoms with E-state index in [9.17, 15) is 19.7 Å². The molecule has 0 heterocycles. The summed E-state index contributed by atoms with van der Waals surface area (Å²) in [6, 6.07) is 7.25. The van der Waals surface area contributed by atoms with Gasteiger partial charge in [-0.2, -0.15) is 0 Å². The minimum Gasteiger partial charge on any atom is -0.464 e. The minimum atomic E-state index is -1.17. The largest absolute Gasteiger partial charge is 0.464 e. The number of carbonyl (C=O) groups excluding carboxylic acids is 2. The number of nitrogens with zero attached hydrogens (tertiary/aromatic N) is 1. The third kappa shape index (κ3) is 9.20. The Morgan fingerprint density at radius 3 is 2.39 bits per heavy atom. The summed E-state index contributed by atoms with van der Waals surface area (Å²) in [6.07, 6.45) is -0.574. The van der Waals surface area contributed by atoms with Crippen molar-refractivity contribution in [1.82, 2.24) is 5.32 Å². The van der Waals surface area contributed by atoms with Gasteiger partial charge in [-0.3, -0.25) is 0 Å². The zero-order chi connectivity index (χ0) is 21.2. The maximum atomic E-state index is 12.5. The van der Waals surface area contributed by atoms with Crippen LogP contribution in [0, 0.1) is 10.1 Å². The van der Waals surface area contributed by atoms with Crippen LogP contribution in [-0.2, 0) is 19.1 Å². The minimum absolute atomic E-state index is 0.185. The second kappa shape index (κ2) is 11.1. The van der Waals surface area contributed by atoms with Crippen LogP contribution in [0.25, 0.3) is 0 Å². The number of alkyl carbamates (subject to hydrolysis) is 1. The van der Waals surface area contributed by atoms with E-state index in [4.69, 9.17) is 14.3 Å². The monoisotopic (exact) mass is 396 g/mol. The number of rotatable bonds is 10. The molecule has 0 saturated carbocycles. The van der Waals surface area contributed by atoms with Crippen molar-refractivity contribution < 1.29 is 29.0 Å². The Labute approximate surface area is 164 Å². The van der Waals surface area contributed by atoms with Gasteiger partial charge in [-0.05, 0) is 32.8 Å². The Morgan fingerprint density at radius 1 is 1.21 bits per heavy atom. The quantitative estimate of drug-likeness (QED) is 0.278. The van der Waals surface area contributed by atoms with E-state index in [2.05, 4.69) is 5.32 Å². The van der Waals surface area contributed by atoms with E-state index in [1.807, 2.05) is 6.92 Å². The van der Waals surface area contributed by atoms with Gasteiger partial charge in [-0.25, -0.2) is 9.59 Å². The van der Waals surface area contributed by atoms with E-state index in [1.54, 1.807) is 51.1 Å². The standard InChI is InChI=1S/C19H28N2O7/c1-5-6-12-26-17(22)15(20-18(23)27-19(2,3)4)13-16(28-21(24)25)14-10-8-7-9-11-14/h7-11,15-16H,5-6,12-13H2,1-4H3,(H,20,23). The molecule has 156 valence electrons. The van der Waals surface area contributed by atoms with Gasteiger partial charge in [0.15, 0.2) is 0 Å². The highest BCUT2D eigenvalue weighted by molar-refractivity contribution is 5.81. The van der Waals surface area contributed by atoms with E-state index >= 15 is 0 Å². The van der Waals surface area contributed by atoms with Gasteiger partial charge in [-0.15, -0.1) is 10.1 Å². The summed E-state index contributed by atoms with van der Waals surface area (Å²) >= 11 is 0. The van der Waals surface area contributed by atoms with E-state index in [1.165, 1.54) is 0 Å². The highest BCUT2D eigenvalue weighted by Gasteiger charge is 2.30. The molecular formula is C19H28N2O7. The molecule has 9 nitrogen and oxygen atoms in total. The molecule has 9 heteroatoms. The zero-order valence-corrected chi connectivity index (χ0v) is 16.7. The normalized spacial score (nSPS) is 13.1. The first-order valence-electron chi connectivity index (χ1n) is 9.14. The number of carbonyl (C=O) groups is 2. The van der Waals surface area contributed by atoms with Crippen molar-refractivity contribution in [3.05, 3.63) is 46.0 Å². The number of unbranched alkanes of at least 4 members (excludes halogenated alkanes) is 1. The third-order valence-corrected chi connectivity index (χ3v) is 3.55. The first-order chi connectivity index (χ1) is 13.1. The van der Waals surface area contributed by atoms with Crippen LogP contribution in [0.2, 0.25) is 0 Å². The molecule has 1 aromatic rings. The molecule has 0 fully saturated rings. The number of esters is 1. The second-order valence-corrected chi connectivity index (χ2v) is 7.18. The molecular weight excluding hydrogens is 368 g/mol. The lowest BCUT2D eigenvalue weighted by molar-refractivity contribution is -0.771. The number of hydrogen-bond acceptors (Lipinski definition) is 7. The van der Waals surface area contributed by atoms with Crippen molar-refractivity contribution in [1.29, 1.82) is 0 Å². The highest BCUT2D eigenvalue weighted by atomic mass is 17.0. The molecule has 0 aliphatic rings. The SMILES string of the molecule is CCCCOC(=O)C(CC(O[N+](=O)[O-])c1ccccc1)NC(=O)OC(C)(C)C. The van der Waals surface area contributed by atoms with E-state index in [0.29, 0.717) is 12.0 Å². The van der Waals surface area contributed by atoms with Gasteiger partial charge < -0.3 is 19.6 Å². The number of ether oxygens (including phenoxy) is 2. The van der Waals surface area contributed by atoms with Gasteiger partial charge in [0, 0.05) is 6.42 Å². The summed E-state index contributed by atoms with van der Waals surface area (Å²) in [5.74, 6) is -0.702. The Morgan fingerprint density at radius 2 is 1.86 bits per heavy atom. The fourth-order valence-corrected chi connectivity index (χ4v) is 2.31. The number of hydrogen-bond donors (Lipinski definition) is 1. The molecule has 2 atom stereocenters. The van der Waals surface area contributed by atoms with Gasteiger partial charge in [-0.1, -0.05) is 43.7 Å². The van der Waals surface area contributed by atoms with Crippen molar-refractivity contribution in [2.75, 3.05) is 6.61 Å². The third-order valence-electron chi connectivity index (χ3n) is 3.55. The molecule has 28 heavy (non-hydrogen) atoms. The van der Waals surface area contributed by atoms with E-state index < -0.39 is 34.9 Å². The van der Waals surface area contributed by atoms with Crippen LogP contribution in [0.5, 0.6) is 0 Å². The lowest BCUT2D eigenvalue weighted by Crippen LogP contribution is -2.45. The summed E-state index contributed by atoms with van der Waals surface area (Å²) in [5, 5.41) is 12.4. The number of benzene rings is 1.